The van der Waals surface area contributed by atoms with Crippen LogP contribution < -0.4 is 44.3 Å². The van der Waals surface area contributed by atoms with Crippen LogP contribution in [0.1, 0.15) is 79.1 Å². The molecule has 0 N–H and O–H groups in total. The van der Waals surface area contributed by atoms with E-state index in [1.807, 2.05) is 27.7 Å². The summed E-state index contributed by atoms with van der Waals surface area (Å²) in [5, 5.41) is 0. The Morgan fingerprint density at radius 2 is 0.465 bits per heavy atom. The minimum absolute atomic E-state index is 0. The number of rotatable bonds is 20. The fraction of sp³-hybridized carbons (Fsp3) is 1.00. The predicted molar refractivity (Wildman–Crippen MR) is 87.8 cm³/mol. The van der Waals surface area contributed by atoms with Gasteiger partial charge in [0.05, 0.1) is 0 Å². The minimum atomic E-state index is -5.62. The zero-order valence-electron chi connectivity index (χ0n) is 24.2. The molecule has 0 heterocycles. The average Bonchev–Trinajstić information content (AvgIpc) is 2.79. The Bertz CT molecular complexity index is 418. The monoisotopic (exact) mass is 884 g/mol. The molecule has 0 aromatic rings. The van der Waals surface area contributed by atoms with Gasteiger partial charge in [-0.05, 0) is 0 Å². The summed E-state index contributed by atoms with van der Waals surface area (Å²) in [6, 6.07) is 0. The molecule has 0 aliphatic carbocycles. The van der Waals surface area contributed by atoms with Crippen LogP contribution in [-0.2, 0) is 171 Å². The van der Waals surface area contributed by atoms with Gasteiger partial charge >= 0.3 is 321 Å². The Morgan fingerprint density at radius 3 is 0.558 bits per heavy atom. The van der Waals surface area contributed by atoms with Crippen LogP contribution in [0, 0.1) is 0 Å². The molecule has 0 aliphatic heterocycles. The minimum Gasteiger partial charge on any atom is 4.00 e. The van der Waals surface area contributed by atoms with Gasteiger partial charge in [-0.1, -0.05) is 0 Å². The Hall–Kier alpha value is 4.20. The van der Waals surface area contributed by atoms with E-state index in [2.05, 4.69) is 33.4 Å². The number of hydrogen-bond acceptors (Lipinski definition) is 20. The summed E-state index contributed by atoms with van der Waals surface area (Å²) in [4.78, 5) is 16.3. The molecule has 0 aromatic heterocycles. The van der Waals surface area contributed by atoms with Crippen LogP contribution >= 0.6 is 0 Å². The van der Waals surface area contributed by atoms with Crippen molar-refractivity contribution in [1.29, 1.82) is 0 Å². The molecule has 0 rings (SSSR count). The van der Waals surface area contributed by atoms with Crippen molar-refractivity contribution in [2.75, 3.05) is 26.4 Å². The third kappa shape index (κ3) is 87.1. The molecule has 0 radical (unpaired) electrons. The van der Waals surface area contributed by atoms with Gasteiger partial charge in [0.2, 0.25) is 0 Å². The molecule has 0 spiro atoms. The van der Waals surface area contributed by atoms with Crippen molar-refractivity contribution in [2.24, 2.45) is 0 Å². The zero-order chi connectivity index (χ0) is 32.1. The smallest absolute Gasteiger partial charge is 4.00 e. The molecule has 0 fully saturated rings. The largest absolute Gasteiger partial charge is 4.00 e. The van der Waals surface area contributed by atoms with Crippen molar-refractivity contribution in [2.45, 2.75) is 79.1 Å². The molecule has 0 unspecified atom stereocenters. The second-order valence-electron chi connectivity index (χ2n) is 7.04. The van der Waals surface area contributed by atoms with Gasteiger partial charge < -0.3 is 0 Å². The molecule has 20 nitrogen and oxygen atoms in total. The molecule has 0 saturated carbocycles. The Morgan fingerprint density at radius 1 is 0.326 bits per heavy atom. The summed E-state index contributed by atoms with van der Waals surface area (Å²) in [6.45, 7) is 8.22. The maximum absolute atomic E-state index is 9.80. The van der Waals surface area contributed by atoms with E-state index in [9.17, 15) is 44.3 Å². The van der Waals surface area contributed by atoms with Gasteiger partial charge in [0.1, 0.15) is 0 Å². The summed E-state index contributed by atoms with van der Waals surface area (Å²) < 4.78 is 132. The summed E-state index contributed by atoms with van der Waals surface area (Å²) in [7, 11) is 0. The molecule has 43 heavy (non-hydrogen) atoms. The van der Waals surface area contributed by atoms with Crippen LogP contribution in [0.25, 0.3) is 0 Å². The van der Waals surface area contributed by atoms with Crippen molar-refractivity contribution in [3.63, 3.8) is 0 Å². The summed E-state index contributed by atoms with van der Waals surface area (Å²) >= 11 is -22.5. The van der Waals surface area contributed by atoms with Gasteiger partial charge in [-0.3, -0.25) is 0 Å². The Labute approximate surface area is 316 Å². The van der Waals surface area contributed by atoms with Crippen molar-refractivity contribution in [3.8, 4) is 0 Å². The standard InChI is InChI=1S/4C4H10O2.12O.7Ti/c4*1-2-3-4-6-5;;;;;;;;;;;;;;;;;;;/h4*5H,2-4H2,1H3;;;;;;;;;;;;;;;;;;;/q;;;;12*-1;4*+1;3*+4/p-4. The van der Waals surface area contributed by atoms with E-state index in [0.29, 0.717) is 25.7 Å². The normalized spacial score (nSPS) is 11.2. The quantitative estimate of drug-likeness (QED) is 0.0474. The van der Waals surface area contributed by atoms with E-state index in [4.69, 9.17) is 0 Å². The maximum atomic E-state index is 9.80. The van der Waals surface area contributed by atoms with Crippen LogP contribution in [0.3, 0.4) is 0 Å². The third-order valence-electron chi connectivity index (χ3n) is 2.97. The van der Waals surface area contributed by atoms with Crippen molar-refractivity contribution in [3.05, 3.63) is 0 Å². The maximum Gasteiger partial charge on any atom is 4.00 e. The van der Waals surface area contributed by atoms with E-state index in [1.165, 1.54) is 0 Å². The first-order valence-corrected chi connectivity index (χ1v) is 22.1. The first-order valence-electron chi connectivity index (χ1n) is 11.9. The summed E-state index contributed by atoms with van der Waals surface area (Å²) in [5.41, 5.74) is 0. The van der Waals surface area contributed by atoms with Crippen molar-refractivity contribution in [1.82, 2.24) is 0 Å². The van der Waals surface area contributed by atoms with Gasteiger partial charge in [0.25, 0.3) is 0 Å². The summed E-state index contributed by atoms with van der Waals surface area (Å²) in [6.07, 6.45) is 6.16. The van der Waals surface area contributed by atoms with Gasteiger partial charge in [0.15, 0.2) is 0 Å². The number of unbranched alkanes of at least 4 members (excludes halogenated alkanes) is 4. The van der Waals surface area contributed by atoms with Gasteiger partial charge in [0, 0.05) is 0 Å². The van der Waals surface area contributed by atoms with Crippen LogP contribution in [-0.4, -0.2) is 26.4 Å². The molecule has 248 valence electrons. The third-order valence-corrected chi connectivity index (χ3v) is 4.98. The van der Waals surface area contributed by atoms with Gasteiger partial charge in [-0.25, -0.2) is 0 Å². The number of hydrogen-bond donors (Lipinski definition) is 0. The van der Waals surface area contributed by atoms with E-state index in [0.717, 1.165) is 25.7 Å². The second kappa shape index (κ2) is 40.6. The van der Waals surface area contributed by atoms with Crippen LogP contribution in [0.2, 0.25) is 0 Å². The van der Waals surface area contributed by atoms with E-state index in [-0.39, 0.29) is 91.6 Å². The summed E-state index contributed by atoms with van der Waals surface area (Å²) in [5.74, 6) is 0. The fourth-order valence-electron chi connectivity index (χ4n) is 1.27. The zero-order valence-corrected chi connectivity index (χ0v) is 35.1. The SMILES string of the molecule is CCCCO[O][Ti]([O-])([O-])[O-].CCCCO[O][Ti]([O-])([O-])[O-].CCCCO[O][Ti]([O-])([O-])[O-].CCCCO[O][Ti]([O-])([O-])[O-].[Ti+4].[Ti+4].[Ti+4]. The molecule has 0 amide bonds. The molecular formula is C16H36O20Ti7. The molecule has 0 saturated heterocycles. The predicted octanol–water partition coefficient (Wildman–Crippen LogP) is -9.49. The van der Waals surface area contributed by atoms with Crippen LogP contribution in [0.4, 0.5) is 0 Å². The second-order valence-corrected chi connectivity index (χ2v) is 14.3. The van der Waals surface area contributed by atoms with Crippen molar-refractivity contribution < 1.29 is 215 Å². The molecular weight excluding hydrogens is 847 g/mol. The Kier molecular flexibility index (Phi) is 58.9. The van der Waals surface area contributed by atoms with Gasteiger partial charge in [-0.15, -0.1) is 0 Å². The van der Waals surface area contributed by atoms with E-state index in [1.54, 1.807) is 0 Å². The Balaban J connectivity index is -0.0000000785. The van der Waals surface area contributed by atoms with Gasteiger partial charge in [-0.2, -0.15) is 0 Å². The molecule has 0 aliphatic rings. The fourth-order valence-corrected chi connectivity index (χ4v) is 2.69. The first kappa shape index (κ1) is 62.3. The first-order chi connectivity index (χ1) is 18.2. The molecule has 0 atom stereocenters. The molecule has 0 aromatic carbocycles. The average molecular weight is 884 g/mol. The van der Waals surface area contributed by atoms with E-state index < -0.39 is 72.6 Å². The van der Waals surface area contributed by atoms with Crippen molar-refractivity contribution >= 4 is 0 Å². The van der Waals surface area contributed by atoms with Crippen LogP contribution in [0.5, 0.6) is 0 Å². The van der Waals surface area contributed by atoms with E-state index >= 15 is 0 Å². The van der Waals surface area contributed by atoms with Crippen LogP contribution in [0.15, 0.2) is 0 Å². The molecule has 27 heteroatoms. The molecule has 0 bridgehead atoms. The topological polar surface area (TPSA) is 351 Å².